The first-order valence-electron chi connectivity index (χ1n) is 5.28. The van der Waals surface area contributed by atoms with Crippen LogP contribution in [0.4, 0.5) is 0 Å². The van der Waals surface area contributed by atoms with E-state index < -0.39 is 5.60 Å². The number of benzene rings is 1. The Labute approximate surface area is 95.6 Å². The molecule has 1 aromatic carbocycles. The molecule has 90 valence electrons. The summed E-state index contributed by atoms with van der Waals surface area (Å²) in [7, 11) is 0. The van der Waals surface area contributed by atoms with Gasteiger partial charge in [0.2, 0.25) is 0 Å². The van der Waals surface area contributed by atoms with Crippen molar-refractivity contribution in [2.45, 2.75) is 32.4 Å². The first-order chi connectivity index (χ1) is 7.31. The minimum Gasteiger partial charge on any atom is -0.507 e. The largest absolute Gasteiger partial charge is 0.507 e. The quantitative estimate of drug-likeness (QED) is 0.627. The van der Waals surface area contributed by atoms with Crippen molar-refractivity contribution in [3.63, 3.8) is 0 Å². The summed E-state index contributed by atoms with van der Waals surface area (Å²) in [5, 5.41) is 31.9. The summed E-state index contributed by atoms with van der Waals surface area (Å²) in [5.74, 6) is 0.103. The van der Waals surface area contributed by atoms with Crippen molar-refractivity contribution in [3.05, 3.63) is 23.8 Å². The Hall–Kier alpha value is -1.26. The van der Waals surface area contributed by atoms with Gasteiger partial charge in [-0.25, -0.2) is 0 Å². The normalized spacial score (nSPS) is 13.8. The molecule has 0 aliphatic rings. The first kappa shape index (κ1) is 12.8. The molecule has 4 heteroatoms. The van der Waals surface area contributed by atoms with Gasteiger partial charge in [0, 0.05) is 12.6 Å². The average Bonchev–Trinajstić information content (AvgIpc) is 2.13. The van der Waals surface area contributed by atoms with Crippen LogP contribution in [0.2, 0.25) is 0 Å². The second-order valence-corrected chi connectivity index (χ2v) is 4.62. The maximum atomic E-state index is 9.63. The van der Waals surface area contributed by atoms with Gasteiger partial charge in [-0.2, -0.15) is 0 Å². The van der Waals surface area contributed by atoms with E-state index in [1.54, 1.807) is 19.9 Å². The maximum Gasteiger partial charge on any atom is 0.124 e. The number of hydrogen-bond donors (Lipinski definition) is 4. The van der Waals surface area contributed by atoms with Crippen LogP contribution >= 0.6 is 0 Å². The summed E-state index contributed by atoms with van der Waals surface area (Å²) < 4.78 is 0. The van der Waals surface area contributed by atoms with Crippen LogP contribution in [0.5, 0.6) is 11.5 Å². The Kier molecular flexibility index (Phi) is 3.78. The minimum absolute atomic E-state index is 0.0516. The maximum absolute atomic E-state index is 9.63. The zero-order chi connectivity index (χ0) is 12.3. The third-order valence-corrected chi connectivity index (χ3v) is 2.33. The lowest BCUT2D eigenvalue weighted by Crippen LogP contribution is -2.36. The molecule has 0 saturated carbocycles. The van der Waals surface area contributed by atoms with Crippen LogP contribution in [0, 0.1) is 0 Å². The number of phenolic OH excluding ortho intramolecular Hbond substituents is 2. The fourth-order valence-electron chi connectivity index (χ4n) is 1.49. The van der Waals surface area contributed by atoms with Gasteiger partial charge in [-0.05, 0) is 32.9 Å². The topological polar surface area (TPSA) is 72.7 Å². The highest BCUT2D eigenvalue weighted by Gasteiger charge is 2.18. The molecular formula is C12H19NO3. The minimum atomic E-state index is -0.825. The zero-order valence-corrected chi connectivity index (χ0v) is 9.86. The van der Waals surface area contributed by atoms with E-state index >= 15 is 0 Å². The van der Waals surface area contributed by atoms with Crippen molar-refractivity contribution in [2.75, 3.05) is 6.54 Å². The van der Waals surface area contributed by atoms with Gasteiger partial charge in [-0.1, -0.05) is 6.07 Å². The Bertz CT molecular complexity index is 338. The van der Waals surface area contributed by atoms with Crippen LogP contribution in [0.3, 0.4) is 0 Å². The van der Waals surface area contributed by atoms with Crippen LogP contribution in [-0.4, -0.2) is 27.5 Å². The average molecular weight is 225 g/mol. The molecule has 1 rings (SSSR count). The van der Waals surface area contributed by atoms with Gasteiger partial charge < -0.3 is 20.6 Å². The summed E-state index contributed by atoms with van der Waals surface area (Å²) in [4.78, 5) is 0. The van der Waals surface area contributed by atoms with E-state index in [4.69, 9.17) is 0 Å². The lowest BCUT2D eigenvalue weighted by molar-refractivity contribution is 0.0768. The van der Waals surface area contributed by atoms with Crippen molar-refractivity contribution in [2.24, 2.45) is 0 Å². The van der Waals surface area contributed by atoms with Gasteiger partial charge in [-0.3, -0.25) is 0 Å². The van der Waals surface area contributed by atoms with E-state index in [2.05, 4.69) is 5.32 Å². The van der Waals surface area contributed by atoms with Crippen molar-refractivity contribution in [1.82, 2.24) is 5.32 Å². The standard InChI is InChI=1S/C12H19NO3/c1-8(13-7-12(2,3)16)11-9(14)5-4-6-10(11)15/h4-6,8,13-16H,7H2,1-3H3. The number of aliphatic hydroxyl groups is 1. The van der Waals surface area contributed by atoms with Gasteiger partial charge in [0.25, 0.3) is 0 Å². The van der Waals surface area contributed by atoms with Crippen molar-refractivity contribution in [3.8, 4) is 11.5 Å². The first-order valence-corrected chi connectivity index (χ1v) is 5.28. The number of phenols is 2. The molecule has 0 radical (unpaired) electrons. The summed E-state index contributed by atoms with van der Waals surface area (Å²) >= 11 is 0. The Morgan fingerprint density at radius 3 is 2.19 bits per heavy atom. The molecule has 0 fully saturated rings. The van der Waals surface area contributed by atoms with Crippen molar-refractivity contribution >= 4 is 0 Å². The summed E-state index contributed by atoms with van der Waals surface area (Å²) in [6, 6.07) is 4.40. The molecule has 0 saturated heterocycles. The number of aromatic hydroxyl groups is 2. The van der Waals surface area contributed by atoms with Crippen molar-refractivity contribution in [1.29, 1.82) is 0 Å². The fraction of sp³-hybridized carbons (Fsp3) is 0.500. The van der Waals surface area contributed by atoms with Gasteiger partial charge in [-0.15, -0.1) is 0 Å². The molecule has 0 aromatic heterocycles. The predicted octanol–water partition coefficient (Wildman–Crippen LogP) is 1.52. The summed E-state index contributed by atoms with van der Waals surface area (Å²) in [6.45, 7) is 5.58. The highest BCUT2D eigenvalue weighted by Crippen LogP contribution is 2.32. The molecule has 1 unspecified atom stereocenters. The smallest absolute Gasteiger partial charge is 0.124 e. The molecule has 16 heavy (non-hydrogen) atoms. The molecule has 1 aromatic rings. The summed E-state index contributed by atoms with van der Waals surface area (Å²) in [6.07, 6.45) is 0. The van der Waals surface area contributed by atoms with E-state index in [-0.39, 0.29) is 17.5 Å². The highest BCUT2D eigenvalue weighted by molar-refractivity contribution is 5.44. The number of hydrogen-bond acceptors (Lipinski definition) is 4. The van der Waals surface area contributed by atoms with Crippen LogP contribution in [0.25, 0.3) is 0 Å². The van der Waals surface area contributed by atoms with Gasteiger partial charge >= 0.3 is 0 Å². The highest BCUT2D eigenvalue weighted by atomic mass is 16.3. The van der Waals surface area contributed by atoms with E-state index in [1.807, 2.05) is 6.92 Å². The predicted molar refractivity (Wildman–Crippen MR) is 62.5 cm³/mol. The van der Waals surface area contributed by atoms with Gasteiger partial charge in [0.1, 0.15) is 11.5 Å². The van der Waals surface area contributed by atoms with Gasteiger partial charge in [0.05, 0.1) is 11.2 Å². The molecular weight excluding hydrogens is 206 g/mol. The van der Waals surface area contributed by atoms with Crippen LogP contribution in [-0.2, 0) is 0 Å². The summed E-state index contributed by atoms with van der Waals surface area (Å²) in [5.41, 5.74) is -0.374. The molecule has 0 aliphatic carbocycles. The number of nitrogens with one attached hydrogen (secondary N) is 1. The second kappa shape index (κ2) is 4.72. The third kappa shape index (κ3) is 3.40. The van der Waals surface area contributed by atoms with Crippen LogP contribution < -0.4 is 5.32 Å². The molecule has 4 nitrogen and oxygen atoms in total. The molecule has 0 bridgehead atoms. The molecule has 0 aliphatic heterocycles. The Morgan fingerprint density at radius 2 is 1.75 bits per heavy atom. The fourth-order valence-corrected chi connectivity index (χ4v) is 1.49. The lowest BCUT2D eigenvalue weighted by atomic mass is 10.0. The second-order valence-electron chi connectivity index (χ2n) is 4.62. The van der Waals surface area contributed by atoms with Gasteiger partial charge in [0.15, 0.2) is 0 Å². The van der Waals surface area contributed by atoms with E-state index in [0.717, 1.165) is 0 Å². The van der Waals surface area contributed by atoms with Crippen molar-refractivity contribution < 1.29 is 15.3 Å². The number of rotatable bonds is 4. The monoisotopic (exact) mass is 225 g/mol. The lowest BCUT2D eigenvalue weighted by Gasteiger charge is -2.22. The van der Waals surface area contributed by atoms with E-state index in [1.165, 1.54) is 12.1 Å². The van der Waals surface area contributed by atoms with E-state index in [9.17, 15) is 15.3 Å². The third-order valence-electron chi connectivity index (χ3n) is 2.33. The Morgan fingerprint density at radius 1 is 1.25 bits per heavy atom. The molecule has 1 atom stereocenters. The van der Waals surface area contributed by atoms with Crippen LogP contribution in [0.1, 0.15) is 32.4 Å². The van der Waals surface area contributed by atoms with Crippen LogP contribution in [0.15, 0.2) is 18.2 Å². The SMILES string of the molecule is CC(NCC(C)(C)O)c1c(O)cccc1O. The zero-order valence-electron chi connectivity index (χ0n) is 9.86. The Balaban J connectivity index is 2.77. The molecule has 0 heterocycles. The van der Waals surface area contributed by atoms with E-state index in [0.29, 0.717) is 12.1 Å². The molecule has 0 amide bonds. The molecule has 0 spiro atoms. The molecule has 4 N–H and O–H groups in total.